The lowest BCUT2D eigenvalue weighted by Crippen LogP contribution is -2.41. The van der Waals surface area contributed by atoms with Crippen LogP contribution >= 0.6 is 11.3 Å². The molecule has 1 atom stereocenters. The number of carbonyl (C=O) groups excluding carboxylic acids is 1. The number of aryl methyl sites for hydroxylation is 3. The molecule has 24 heavy (non-hydrogen) atoms. The average molecular weight is 369 g/mol. The van der Waals surface area contributed by atoms with Crippen molar-refractivity contribution in [2.75, 3.05) is 0 Å². The number of fused-ring (bicyclic) bond motifs is 1. The van der Waals surface area contributed by atoms with Crippen molar-refractivity contribution >= 4 is 27.3 Å². The Balaban J connectivity index is 1.72. The molecule has 2 aromatic rings. The summed E-state index contributed by atoms with van der Waals surface area (Å²) in [6.07, 6.45) is 3.05. The Morgan fingerprint density at radius 1 is 1.42 bits per heavy atom. The van der Waals surface area contributed by atoms with Crippen LogP contribution in [0.25, 0.3) is 0 Å². The van der Waals surface area contributed by atoms with Crippen LogP contribution in [-0.2, 0) is 22.9 Å². The van der Waals surface area contributed by atoms with Gasteiger partial charge < -0.3 is 4.52 Å². The summed E-state index contributed by atoms with van der Waals surface area (Å²) in [5.41, 5.74) is 3.70. The van der Waals surface area contributed by atoms with Crippen LogP contribution in [0.15, 0.2) is 15.5 Å². The van der Waals surface area contributed by atoms with E-state index in [2.05, 4.69) is 22.3 Å². The Hall–Kier alpha value is -1.71. The van der Waals surface area contributed by atoms with Gasteiger partial charge in [0.05, 0.1) is 4.88 Å². The minimum atomic E-state index is -3.93. The fourth-order valence-electron chi connectivity index (χ4n) is 2.90. The fourth-order valence-corrected chi connectivity index (χ4v) is 5.18. The summed E-state index contributed by atoms with van der Waals surface area (Å²) >= 11 is 1.42. The maximum absolute atomic E-state index is 12.3. The highest BCUT2D eigenvalue weighted by Crippen LogP contribution is 2.32. The first-order valence-corrected chi connectivity index (χ1v) is 9.94. The number of hydrogen-bond acceptors (Lipinski definition) is 6. The van der Waals surface area contributed by atoms with Crippen molar-refractivity contribution in [3.05, 3.63) is 32.8 Å². The normalized spacial score (nSPS) is 17.5. The molecule has 0 radical (unpaired) electrons. The summed E-state index contributed by atoms with van der Waals surface area (Å²) in [7, 11) is -3.93. The molecule has 0 saturated heterocycles. The zero-order valence-corrected chi connectivity index (χ0v) is 15.3. The highest BCUT2D eigenvalue weighted by atomic mass is 32.2. The molecule has 7 nitrogen and oxygen atoms in total. The number of sulfonamides is 1. The molecule has 0 saturated carbocycles. The van der Waals surface area contributed by atoms with Gasteiger partial charge in [0.1, 0.15) is 10.6 Å². The maximum atomic E-state index is 12.3. The van der Waals surface area contributed by atoms with Crippen LogP contribution in [0.4, 0.5) is 0 Å². The van der Waals surface area contributed by atoms with Gasteiger partial charge >= 0.3 is 0 Å². The number of nitrogens with one attached hydrogen (secondary N) is 2. The number of amides is 1. The predicted octanol–water partition coefficient (Wildman–Crippen LogP) is 2.10. The van der Waals surface area contributed by atoms with E-state index in [1.165, 1.54) is 35.6 Å². The Bertz CT molecular complexity index is 863. The van der Waals surface area contributed by atoms with Crippen LogP contribution in [0, 0.1) is 19.8 Å². The van der Waals surface area contributed by atoms with Gasteiger partial charge in [-0.05, 0) is 50.7 Å². The molecule has 2 aromatic heterocycles. The summed E-state index contributed by atoms with van der Waals surface area (Å²) in [4.78, 5) is 16.0. The first kappa shape index (κ1) is 17.1. The van der Waals surface area contributed by atoms with E-state index >= 15 is 0 Å². The van der Waals surface area contributed by atoms with Crippen LogP contribution in [0.3, 0.4) is 0 Å². The topological polar surface area (TPSA) is 101 Å². The van der Waals surface area contributed by atoms with E-state index in [-0.39, 0.29) is 16.3 Å². The van der Waals surface area contributed by atoms with Crippen LogP contribution < -0.4 is 10.3 Å². The molecule has 0 fully saturated rings. The van der Waals surface area contributed by atoms with E-state index in [9.17, 15) is 13.2 Å². The summed E-state index contributed by atoms with van der Waals surface area (Å²) < 4.78 is 29.4. The Morgan fingerprint density at radius 3 is 2.83 bits per heavy atom. The molecule has 0 aromatic carbocycles. The minimum Gasteiger partial charge on any atom is -0.360 e. The molecule has 1 aliphatic rings. The fraction of sp³-hybridized carbons (Fsp3) is 0.467. The first-order chi connectivity index (χ1) is 11.3. The monoisotopic (exact) mass is 369 g/mol. The van der Waals surface area contributed by atoms with Crippen molar-refractivity contribution in [3.63, 3.8) is 0 Å². The molecule has 130 valence electrons. The highest BCUT2D eigenvalue weighted by molar-refractivity contribution is 7.89. The number of aromatic nitrogens is 1. The Kier molecular flexibility index (Phi) is 4.50. The molecule has 1 aliphatic carbocycles. The second kappa shape index (κ2) is 6.30. The van der Waals surface area contributed by atoms with Gasteiger partial charge in [-0.15, -0.1) is 16.2 Å². The van der Waals surface area contributed by atoms with Gasteiger partial charge in [0.25, 0.3) is 15.9 Å². The van der Waals surface area contributed by atoms with E-state index in [4.69, 9.17) is 4.52 Å². The van der Waals surface area contributed by atoms with Crippen LogP contribution in [0.1, 0.15) is 44.9 Å². The lowest BCUT2D eigenvalue weighted by atomic mass is 9.90. The standard InChI is InChI=1S/C15H19N3O4S2/c1-8-4-5-12-11(6-8)7-13(23-12)15(19)16-18-24(20,21)14-9(2)17-22-10(14)3/h7-8,18H,4-6H2,1-3H3,(H,16,19)/t8-/m1/s1. The number of hydrogen-bond donors (Lipinski definition) is 2. The zero-order chi connectivity index (χ0) is 17.5. The van der Waals surface area contributed by atoms with Crippen LogP contribution in [-0.4, -0.2) is 19.5 Å². The Morgan fingerprint density at radius 2 is 2.17 bits per heavy atom. The third-order valence-corrected chi connectivity index (χ3v) is 6.82. The van der Waals surface area contributed by atoms with Crippen LogP contribution in [0.2, 0.25) is 0 Å². The van der Waals surface area contributed by atoms with Gasteiger partial charge in [-0.3, -0.25) is 10.2 Å². The van der Waals surface area contributed by atoms with Crippen molar-refractivity contribution in [1.29, 1.82) is 0 Å². The quantitative estimate of drug-likeness (QED) is 0.804. The van der Waals surface area contributed by atoms with Crippen LogP contribution in [0.5, 0.6) is 0 Å². The van der Waals surface area contributed by atoms with E-state index in [1.807, 2.05) is 6.07 Å². The molecular formula is C15H19N3O4S2. The number of carbonyl (C=O) groups is 1. The van der Waals surface area contributed by atoms with Crippen molar-refractivity contribution in [1.82, 2.24) is 15.4 Å². The lowest BCUT2D eigenvalue weighted by Gasteiger charge is -2.16. The number of nitrogens with zero attached hydrogens (tertiary/aromatic N) is 1. The van der Waals surface area contributed by atoms with Crippen molar-refractivity contribution < 1.29 is 17.7 Å². The Labute approximate surface area is 144 Å². The first-order valence-electron chi connectivity index (χ1n) is 7.64. The molecule has 9 heteroatoms. The third-order valence-electron chi connectivity index (χ3n) is 4.09. The molecule has 3 rings (SSSR count). The van der Waals surface area contributed by atoms with Gasteiger partial charge in [0.2, 0.25) is 0 Å². The van der Waals surface area contributed by atoms with Gasteiger partial charge in [0, 0.05) is 4.88 Å². The second-order valence-corrected chi connectivity index (χ2v) is 8.88. The molecular weight excluding hydrogens is 350 g/mol. The SMILES string of the molecule is Cc1noc(C)c1S(=O)(=O)NNC(=O)c1cc2c(s1)CC[C@@H](C)C2. The van der Waals surface area contributed by atoms with Crippen molar-refractivity contribution in [2.45, 2.75) is 44.9 Å². The zero-order valence-electron chi connectivity index (χ0n) is 13.7. The summed E-state index contributed by atoms with van der Waals surface area (Å²) in [5.74, 6) is 0.327. The predicted molar refractivity (Wildman–Crippen MR) is 89.3 cm³/mol. The number of hydrazine groups is 1. The summed E-state index contributed by atoms with van der Waals surface area (Å²) in [6.45, 7) is 5.23. The molecule has 0 bridgehead atoms. The van der Waals surface area contributed by atoms with E-state index < -0.39 is 15.9 Å². The maximum Gasteiger partial charge on any atom is 0.276 e. The van der Waals surface area contributed by atoms with Gasteiger partial charge in [0.15, 0.2) is 5.76 Å². The van der Waals surface area contributed by atoms with Gasteiger partial charge in [-0.25, -0.2) is 8.42 Å². The molecule has 2 N–H and O–H groups in total. The average Bonchev–Trinajstić information content (AvgIpc) is 3.08. The van der Waals surface area contributed by atoms with Crippen molar-refractivity contribution in [2.24, 2.45) is 5.92 Å². The number of thiophene rings is 1. The second-order valence-electron chi connectivity index (χ2n) is 6.12. The highest BCUT2D eigenvalue weighted by Gasteiger charge is 2.26. The van der Waals surface area contributed by atoms with E-state index in [1.54, 1.807) is 0 Å². The van der Waals surface area contributed by atoms with E-state index in [0.29, 0.717) is 10.8 Å². The summed E-state index contributed by atoms with van der Waals surface area (Å²) in [5, 5.41) is 3.61. The number of rotatable bonds is 4. The summed E-state index contributed by atoms with van der Waals surface area (Å²) in [6, 6.07) is 1.86. The molecule has 1 amide bonds. The van der Waals surface area contributed by atoms with E-state index in [0.717, 1.165) is 19.3 Å². The largest absolute Gasteiger partial charge is 0.360 e. The van der Waals surface area contributed by atoms with Crippen molar-refractivity contribution in [3.8, 4) is 0 Å². The molecule has 0 spiro atoms. The van der Waals surface area contributed by atoms with Gasteiger partial charge in [-0.1, -0.05) is 12.1 Å². The minimum absolute atomic E-state index is 0.0536. The molecule has 2 heterocycles. The molecule has 0 aliphatic heterocycles. The van der Waals surface area contributed by atoms with Gasteiger partial charge in [-0.2, -0.15) is 0 Å². The smallest absolute Gasteiger partial charge is 0.276 e. The molecule has 0 unspecified atom stereocenters. The lowest BCUT2D eigenvalue weighted by molar-refractivity contribution is 0.0949. The third kappa shape index (κ3) is 3.24.